The van der Waals surface area contributed by atoms with Crippen LogP contribution in [0.5, 0.6) is 0 Å². The molecule has 0 aliphatic rings. The van der Waals surface area contributed by atoms with Crippen molar-refractivity contribution in [2.24, 2.45) is 0 Å². The Bertz CT molecular complexity index is 139. The molecule has 0 heterocycles. The number of hydrogen-bond donors (Lipinski definition) is 0. The number of methoxy groups -OCH3 is 2. The van der Waals surface area contributed by atoms with Crippen LogP contribution in [0.2, 0.25) is 0 Å². The molecule has 70 valence electrons. The third-order valence-corrected chi connectivity index (χ3v) is 1.72. The normalized spacial score (nSPS) is 12.3. The molecule has 0 aromatic rings. The van der Waals surface area contributed by atoms with E-state index in [0.717, 1.165) is 12.8 Å². The highest BCUT2D eigenvalue weighted by molar-refractivity contribution is 9.11. The Labute approximate surface area is 82.4 Å². The van der Waals surface area contributed by atoms with Crippen molar-refractivity contribution >= 4 is 15.9 Å². The molecule has 0 aliphatic carbocycles. The third kappa shape index (κ3) is 6.58. The zero-order valence-corrected chi connectivity index (χ0v) is 9.08. The molecular weight excluding hydrogens is 220 g/mol. The molecule has 0 unspecified atom stereocenters. The summed E-state index contributed by atoms with van der Waals surface area (Å²) in [7, 11) is 3.30. The summed E-state index contributed by atoms with van der Waals surface area (Å²) in [5.74, 6) is 0. The lowest BCUT2D eigenvalue weighted by Crippen LogP contribution is -2.11. The number of halogens is 1. The highest BCUT2D eigenvalue weighted by Crippen LogP contribution is 2.02. The van der Waals surface area contributed by atoms with Crippen molar-refractivity contribution in [1.82, 2.24) is 0 Å². The van der Waals surface area contributed by atoms with Crippen molar-refractivity contribution < 1.29 is 9.47 Å². The van der Waals surface area contributed by atoms with Crippen LogP contribution in [0, 0.1) is 0 Å². The lowest BCUT2D eigenvalue weighted by molar-refractivity contribution is -0.105. The van der Waals surface area contributed by atoms with Crippen LogP contribution in [-0.2, 0) is 9.47 Å². The van der Waals surface area contributed by atoms with Gasteiger partial charge in [-0.3, -0.25) is 0 Å². The minimum Gasteiger partial charge on any atom is -0.356 e. The molecule has 12 heavy (non-hydrogen) atoms. The van der Waals surface area contributed by atoms with Crippen LogP contribution in [-0.4, -0.2) is 20.5 Å². The highest BCUT2D eigenvalue weighted by Gasteiger charge is 2.01. The topological polar surface area (TPSA) is 18.5 Å². The van der Waals surface area contributed by atoms with Gasteiger partial charge in [-0.25, -0.2) is 0 Å². The first-order valence-corrected chi connectivity index (χ1v) is 4.74. The summed E-state index contributed by atoms with van der Waals surface area (Å²) in [5, 5.41) is 0. The molecule has 0 fully saturated rings. The maximum atomic E-state index is 5.02. The van der Waals surface area contributed by atoms with Crippen molar-refractivity contribution in [3.63, 3.8) is 0 Å². The first kappa shape index (κ1) is 11.9. The third-order valence-electron chi connectivity index (χ3n) is 1.41. The summed E-state index contributed by atoms with van der Waals surface area (Å²) in [6.45, 7) is 0. The van der Waals surface area contributed by atoms with Crippen LogP contribution >= 0.6 is 15.9 Å². The van der Waals surface area contributed by atoms with E-state index < -0.39 is 0 Å². The molecule has 0 bridgehead atoms. The van der Waals surface area contributed by atoms with Gasteiger partial charge < -0.3 is 9.47 Å². The van der Waals surface area contributed by atoms with Crippen molar-refractivity contribution in [3.05, 3.63) is 23.2 Å². The van der Waals surface area contributed by atoms with Crippen molar-refractivity contribution in [2.45, 2.75) is 19.1 Å². The Morgan fingerprint density at radius 2 is 1.92 bits per heavy atom. The Balaban J connectivity index is 3.40. The average molecular weight is 235 g/mol. The molecule has 0 saturated heterocycles. The summed E-state index contributed by atoms with van der Waals surface area (Å²) in [5.41, 5.74) is 0. The van der Waals surface area contributed by atoms with E-state index in [9.17, 15) is 0 Å². The van der Waals surface area contributed by atoms with E-state index in [4.69, 9.17) is 9.47 Å². The van der Waals surface area contributed by atoms with Gasteiger partial charge in [-0.05, 0) is 11.4 Å². The molecule has 0 N–H and O–H groups in total. The van der Waals surface area contributed by atoms with Gasteiger partial charge in [-0.1, -0.05) is 34.2 Å². The monoisotopic (exact) mass is 234 g/mol. The molecule has 0 aliphatic heterocycles. The molecule has 0 radical (unpaired) electrons. The standard InChI is InChI=1S/C9H15BrO2/c1-11-9(12-2)7-5-3-4-6-8-10/h3-4,6,8-9H,5,7H2,1-2H3. The molecule has 0 aromatic heterocycles. The van der Waals surface area contributed by atoms with E-state index in [-0.39, 0.29) is 6.29 Å². The van der Waals surface area contributed by atoms with Crippen LogP contribution < -0.4 is 0 Å². The number of rotatable bonds is 6. The smallest absolute Gasteiger partial charge is 0.157 e. The van der Waals surface area contributed by atoms with Crippen LogP contribution in [0.25, 0.3) is 0 Å². The number of hydrogen-bond acceptors (Lipinski definition) is 2. The molecule has 0 spiro atoms. The van der Waals surface area contributed by atoms with Crippen LogP contribution in [0.4, 0.5) is 0 Å². The van der Waals surface area contributed by atoms with Crippen LogP contribution in [0.3, 0.4) is 0 Å². The maximum absolute atomic E-state index is 5.02. The molecule has 0 atom stereocenters. The van der Waals surface area contributed by atoms with Gasteiger partial charge in [-0.2, -0.15) is 0 Å². The van der Waals surface area contributed by atoms with Gasteiger partial charge >= 0.3 is 0 Å². The second-order valence-electron chi connectivity index (χ2n) is 2.22. The Morgan fingerprint density at radius 3 is 2.42 bits per heavy atom. The minimum atomic E-state index is -0.0809. The van der Waals surface area contributed by atoms with E-state index >= 15 is 0 Å². The summed E-state index contributed by atoms with van der Waals surface area (Å²) in [6.07, 6.45) is 7.75. The predicted octanol–water partition coefficient (Wildman–Crippen LogP) is 2.85. The predicted molar refractivity (Wildman–Crippen MR) is 54.2 cm³/mol. The summed E-state index contributed by atoms with van der Waals surface area (Å²) >= 11 is 3.18. The Kier molecular flexibility index (Phi) is 8.88. The molecule has 3 heteroatoms. The van der Waals surface area contributed by atoms with Gasteiger partial charge in [0.1, 0.15) is 0 Å². The average Bonchev–Trinajstić information content (AvgIpc) is 2.11. The molecule has 0 rings (SSSR count). The Morgan fingerprint density at radius 1 is 1.25 bits per heavy atom. The van der Waals surface area contributed by atoms with Gasteiger partial charge in [0.25, 0.3) is 0 Å². The van der Waals surface area contributed by atoms with Gasteiger partial charge in [0.2, 0.25) is 0 Å². The van der Waals surface area contributed by atoms with E-state index in [2.05, 4.69) is 22.0 Å². The minimum absolute atomic E-state index is 0.0809. The maximum Gasteiger partial charge on any atom is 0.157 e. The molecular formula is C9H15BrO2. The van der Waals surface area contributed by atoms with Crippen LogP contribution in [0.15, 0.2) is 23.2 Å². The summed E-state index contributed by atoms with van der Waals surface area (Å²) in [4.78, 5) is 1.81. The fourth-order valence-electron chi connectivity index (χ4n) is 0.781. The molecule has 0 amide bonds. The fourth-order valence-corrected chi connectivity index (χ4v) is 0.957. The van der Waals surface area contributed by atoms with E-state index in [1.54, 1.807) is 14.2 Å². The molecule has 2 nitrogen and oxygen atoms in total. The highest BCUT2D eigenvalue weighted by atomic mass is 79.9. The summed E-state index contributed by atoms with van der Waals surface area (Å²) in [6, 6.07) is 0. The van der Waals surface area contributed by atoms with E-state index in [1.165, 1.54) is 0 Å². The Hall–Kier alpha value is -0.120. The number of allylic oxidation sites excluding steroid dienone is 3. The first-order chi connectivity index (χ1) is 5.85. The lowest BCUT2D eigenvalue weighted by Gasteiger charge is -2.10. The summed E-state index contributed by atoms with van der Waals surface area (Å²) < 4.78 is 10.0. The zero-order valence-electron chi connectivity index (χ0n) is 7.50. The van der Waals surface area contributed by atoms with Crippen molar-refractivity contribution in [2.75, 3.05) is 14.2 Å². The SMILES string of the molecule is COC(CCC=CC=CBr)OC. The van der Waals surface area contributed by atoms with Gasteiger partial charge in [0.15, 0.2) is 6.29 Å². The lowest BCUT2D eigenvalue weighted by atomic mass is 10.3. The van der Waals surface area contributed by atoms with Crippen molar-refractivity contribution in [3.8, 4) is 0 Å². The fraction of sp³-hybridized carbons (Fsp3) is 0.556. The molecule has 0 aromatic carbocycles. The zero-order chi connectivity index (χ0) is 9.23. The van der Waals surface area contributed by atoms with Gasteiger partial charge in [-0.15, -0.1) is 0 Å². The van der Waals surface area contributed by atoms with E-state index in [1.807, 2.05) is 17.1 Å². The quantitative estimate of drug-likeness (QED) is 0.520. The second kappa shape index (κ2) is 8.97. The largest absolute Gasteiger partial charge is 0.356 e. The van der Waals surface area contributed by atoms with Gasteiger partial charge in [0, 0.05) is 20.6 Å². The number of ether oxygens (including phenoxy) is 2. The van der Waals surface area contributed by atoms with Gasteiger partial charge in [0.05, 0.1) is 0 Å². The molecule has 0 saturated carbocycles. The van der Waals surface area contributed by atoms with Crippen molar-refractivity contribution in [1.29, 1.82) is 0 Å². The first-order valence-electron chi connectivity index (χ1n) is 3.82. The van der Waals surface area contributed by atoms with E-state index in [0.29, 0.717) is 0 Å². The van der Waals surface area contributed by atoms with Crippen LogP contribution in [0.1, 0.15) is 12.8 Å². The second-order valence-corrected chi connectivity index (χ2v) is 2.75.